The Kier molecular flexibility index (Phi) is 3.22. The van der Waals surface area contributed by atoms with E-state index < -0.39 is 10.0 Å². The summed E-state index contributed by atoms with van der Waals surface area (Å²) >= 11 is 0. The molecule has 1 aliphatic rings. The van der Waals surface area contributed by atoms with Crippen LogP contribution >= 0.6 is 0 Å². The number of aromatic nitrogens is 1. The van der Waals surface area contributed by atoms with Crippen LogP contribution in [-0.4, -0.2) is 30.8 Å². The van der Waals surface area contributed by atoms with Gasteiger partial charge in [-0.1, -0.05) is 6.92 Å². The molecule has 108 valence electrons. The van der Waals surface area contributed by atoms with Crippen molar-refractivity contribution in [3.05, 3.63) is 24.4 Å². The van der Waals surface area contributed by atoms with Crippen LogP contribution in [0.3, 0.4) is 0 Å². The Bertz CT molecular complexity index is 732. The molecular formula is C14H19N3O2S. The summed E-state index contributed by atoms with van der Waals surface area (Å²) in [6, 6.07) is 5.28. The van der Waals surface area contributed by atoms with E-state index in [-0.39, 0.29) is 0 Å². The maximum atomic E-state index is 12.8. The largest absolute Gasteiger partial charge is 0.399 e. The highest BCUT2D eigenvalue weighted by atomic mass is 32.2. The van der Waals surface area contributed by atoms with E-state index in [1.165, 1.54) is 0 Å². The van der Waals surface area contributed by atoms with Crippen molar-refractivity contribution < 1.29 is 8.42 Å². The minimum atomic E-state index is -3.46. The van der Waals surface area contributed by atoms with Crippen LogP contribution in [0.2, 0.25) is 0 Å². The van der Waals surface area contributed by atoms with Gasteiger partial charge in [-0.25, -0.2) is 8.42 Å². The van der Waals surface area contributed by atoms with E-state index in [1.807, 2.05) is 6.92 Å². The maximum Gasteiger partial charge on any atom is 0.245 e. The number of nitrogen functional groups attached to an aromatic ring is 1. The number of fused-ring (bicyclic) bond motifs is 1. The van der Waals surface area contributed by atoms with Crippen molar-refractivity contribution in [2.24, 2.45) is 5.92 Å². The lowest BCUT2D eigenvalue weighted by atomic mass is 10.2. The minimum Gasteiger partial charge on any atom is -0.399 e. The van der Waals surface area contributed by atoms with E-state index in [0.717, 1.165) is 18.4 Å². The summed E-state index contributed by atoms with van der Waals surface area (Å²) in [7, 11) is -3.46. The summed E-state index contributed by atoms with van der Waals surface area (Å²) in [5.74, 6) is 0.528. The first-order chi connectivity index (χ1) is 9.52. The summed E-state index contributed by atoms with van der Waals surface area (Å²) in [5, 5.41) is 0.666. The zero-order valence-corrected chi connectivity index (χ0v) is 12.3. The quantitative estimate of drug-likeness (QED) is 0.829. The number of hydrogen-bond acceptors (Lipinski definition) is 3. The van der Waals surface area contributed by atoms with Gasteiger partial charge in [-0.05, 0) is 37.0 Å². The molecule has 0 bridgehead atoms. The third-order valence-corrected chi connectivity index (χ3v) is 5.78. The predicted octanol–water partition coefficient (Wildman–Crippen LogP) is 2.17. The fraction of sp³-hybridized carbons (Fsp3) is 0.429. The molecule has 1 saturated carbocycles. The summed E-state index contributed by atoms with van der Waals surface area (Å²) in [6.45, 7) is 2.99. The van der Waals surface area contributed by atoms with Gasteiger partial charge >= 0.3 is 0 Å². The van der Waals surface area contributed by atoms with Gasteiger partial charge in [0.05, 0.1) is 0 Å². The highest BCUT2D eigenvalue weighted by Crippen LogP contribution is 2.33. The van der Waals surface area contributed by atoms with Gasteiger partial charge in [0.15, 0.2) is 0 Å². The number of nitrogens with zero attached hydrogens (tertiary/aromatic N) is 1. The van der Waals surface area contributed by atoms with Crippen molar-refractivity contribution in [2.45, 2.75) is 24.7 Å². The molecule has 0 atom stereocenters. The average molecular weight is 293 g/mol. The molecular weight excluding hydrogens is 274 g/mol. The van der Waals surface area contributed by atoms with E-state index in [1.54, 1.807) is 28.7 Å². The lowest BCUT2D eigenvalue weighted by Crippen LogP contribution is -2.32. The predicted molar refractivity (Wildman–Crippen MR) is 79.9 cm³/mol. The van der Waals surface area contributed by atoms with Gasteiger partial charge in [-0.2, -0.15) is 4.31 Å². The molecule has 20 heavy (non-hydrogen) atoms. The van der Waals surface area contributed by atoms with Crippen molar-refractivity contribution in [3.63, 3.8) is 0 Å². The Morgan fingerprint density at radius 1 is 1.40 bits per heavy atom. The standard InChI is InChI=1S/C14H19N3O2S/c1-2-17(9-10-3-4-10)20(18,19)14-8-16-13-6-5-11(15)7-12(13)14/h5-8,10,16H,2-4,9,15H2,1H3. The summed E-state index contributed by atoms with van der Waals surface area (Å²) < 4.78 is 27.1. The van der Waals surface area contributed by atoms with Crippen LogP contribution < -0.4 is 5.73 Å². The van der Waals surface area contributed by atoms with Gasteiger partial charge in [-0.15, -0.1) is 0 Å². The van der Waals surface area contributed by atoms with Crippen LogP contribution in [0, 0.1) is 5.92 Å². The second kappa shape index (κ2) is 4.79. The van der Waals surface area contributed by atoms with Gasteiger partial charge in [-0.3, -0.25) is 0 Å². The molecule has 6 heteroatoms. The zero-order valence-electron chi connectivity index (χ0n) is 11.5. The zero-order chi connectivity index (χ0) is 14.3. The molecule has 3 rings (SSSR count). The van der Waals surface area contributed by atoms with E-state index >= 15 is 0 Å². The monoisotopic (exact) mass is 293 g/mol. The molecule has 1 fully saturated rings. The molecule has 0 radical (unpaired) electrons. The Morgan fingerprint density at radius 3 is 2.80 bits per heavy atom. The number of anilines is 1. The van der Waals surface area contributed by atoms with Crippen molar-refractivity contribution in [1.29, 1.82) is 0 Å². The van der Waals surface area contributed by atoms with Gasteiger partial charge in [0.2, 0.25) is 10.0 Å². The first kappa shape index (κ1) is 13.5. The molecule has 2 aromatic rings. The van der Waals surface area contributed by atoms with Crippen LogP contribution in [0.5, 0.6) is 0 Å². The summed E-state index contributed by atoms with van der Waals surface area (Å²) in [5.41, 5.74) is 7.13. The number of sulfonamides is 1. The SMILES string of the molecule is CCN(CC1CC1)S(=O)(=O)c1c[nH]c2ccc(N)cc12. The normalized spacial score (nSPS) is 16.1. The van der Waals surface area contributed by atoms with Crippen LogP contribution in [0.15, 0.2) is 29.3 Å². The fourth-order valence-electron chi connectivity index (χ4n) is 2.45. The highest BCUT2D eigenvalue weighted by Gasteiger charge is 2.32. The fourth-order valence-corrected chi connectivity index (χ4v) is 4.13. The van der Waals surface area contributed by atoms with Crippen molar-refractivity contribution in [2.75, 3.05) is 18.8 Å². The Balaban J connectivity index is 2.05. The summed E-state index contributed by atoms with van der Waals surface area (Å²) in [4.78, 5) is 3.33. The number of nitrogens with two attached hydrogens (primary N) is 1. The number of H-pyrrole nitrogens is 1. The number of benzene rings is 1. The van der Waals surface area contributed by atoms with Gasteiger partial charge in [0.1, 0.15) is 4.90 Å². The third-order valence-electron chi connectivity index (χ3n) is 3.80. The first-order valence-electron chi connectivity index (χ1n) is 6.89. The lowest BCUT2D eigenvalue weighted by Gasteiger charge is -2.19. The van der Waals surface area contributed by atoms with E-state index in [0.29, 0.717) is 35.0 Å². The molecule has 3 N–H and O–H groups in total. The third kappa shape index (κ3) is 2.29. The second-order valence-electron chi connectivity index (χ2n) is 5.36. The molecule has 0 unspecified atom stereocenters. The molecule has 0 amide bonds. The van der Waals surface area contributed by atoms with Crippen molar-refractivity contribution >= 4 is 26.6 Å². The van der Waals surface area contributed by atoms with Crippen molar-refractivity contribution in [1.82, 2.24) is 9.29 Å². The Labute approximate surface area is 118 Å². The van der Waals surface area contributed by atoms with E-state index in [2.05, 4.69) is 4.98 Å². The number of nitrogens with one attached hydrogen (secondary N) is 1. The molecule has 0 saturated heterocycles. The molecule has 1 aliphatic carbocycles. The summed E-state index contributed by atoms with van der Waals surface area (Å²) in [6.07, 6.45) is 3.83. The number of rotatable bonds is 5. The first-order valence-corrected chi connectivity index (χ1v) is 8.33. The van der Waals surface area contributed by atoms with Crippen LogP contribution in [0.25, 0.3) is 10.9 Å². The maximum absolute atomic E-state index is 12.8. The molecule has 5 nitrogen and oxygen atoms in total. The van der Waals surface area contributed by atoms with E-state index in [9.17, 15) is 8.42 Å². The molecule has 1 heterocycles. The van der Waals surface area contributed by atoms with Crippen LogP contribution in [-0.2, 0) is 10.0 Å². The Hall–Kier alpha value is -1.53. The van der Waals surface area contributed by atoms with Crippen LogP contribution in [0.4, 0.5) is 5.69 Å². The smallest absolute Gasteiger partial charge is 0.245 e. The molecule has 1 aromatic heterocycles. The number of hydrogen-bond donors (Lipinski definition) is 2. The van der Waals surface area contributed by atoms with E-state index in [4.69, 9.17) is 5.73 Å². The van der Waals surface area contributed by atoms with Crippen LogP contribution in [0.1, 0.15) is 19.8 Å². The highest BCUT2D eigenvalue weighted by molar-refractivity contribution is 7.89. The Morgan fingerprint density at radius 2 is 2.15 bits per heavy atom. The number of aromatic amines is 1. The topological polar surface area (TPSA) is 79.2 Å². The minimum absolute atomic E-state index is 0.322. The van der Waals surface area contributed by atoms with Gasteiger partial charge in [0, 0.05) is 35.9 Å². The average Bonchev–Trinajstić information content (AvgIpc) is 3.13. The molecule has 1 aromatic carbocycles. The molecule has 0 spiro atoms. The van der Waals surface area contributed by atoms with Gasteiger partial charge in [0.25, 0.3) is 0 Å². The molecule has 0 aliphatic heterocycles. The lowest BCUT2D eigenvalue weighted by molar-refractivity contribution is 0.412. The second-order valence-corrected chi connectivity index (χ2v) is 7.26. The van der Waals surface area contributed by atoms with Crippen molar-refractivity contribution in [3.8, 4) is 0 Å². The van der Waals surface area contributed by atoms with Gasteiger partial charge < -0.3 is 10.7 Å².